The van der Waals surface area contributed by atoms with E-state index in [1.807, 2.05) is 0 Å². The lowest BCUT2D eigenvalue weighted by Gasteiger charge is -2.08. The van der Waals surface area contributed by atoms with Gasteiger partial charge in [-0.1, -0.05) is 0 Å². The highest BCUT2D eigenvalue weighted by molar-refractivity contribution is 7.89. The largest absolute Gasteiger partial charge is 0.384 e. The van der Waals surface area contributed by atoms with Crippen LogP contribution in [0.2, 0.25) is 0 Å². The average Bonchev–Trinajstić information content (AvgIpc) is 3.12. The SMILES string of the molecule is NS(=O)(=O)c1ccc(NCCNCC2CC2)cc1. The fourth-order valence-electron chi connectivity index (χ4n) is 1.69. The third-order valence-corrected chi connectivity index (χ3v) is 3.87. The van der Waals surface area contributed by atoms with Gasteiger partial charge in [0, 0.05) is 18.8 Å². The van der Waals surface area contributed by atoms with Crippen molar-refractivity contribution in [2.45, 2.75) is 17.7 Å². The second-order valence-corrected chi connectivity index (χ2v) is 6.21. The van der Waals surface area contributed by atoms with Crippen LogP contribution in [0.25, 0.3) is 0 Å². The fourth-order valence-corrected chi connectivity index (χ4v) is 2.20. The summed E-state index contributed by atoms with van der Waals surface area (Å²) >= 11 is 0. The molecule has 0 saturated heterocycles. The molecule has 1 aliphatic rings. The molecule has 1 aliphatic carbocycles. The highest BCUT2D eigenvalue weighted by Gasteiger charge is 2.19. The molecular weight excluding hydrogens is 250 g/mol. The molecule has 0 aromatic heterocycles. The van der Waals surface area contributed by atoms with E-state index in [1.54, 1.807) is 12.1 Å². The molecule has 0 aliphatic heterocycles. The molecule has 5 nitrogen and oxygen atoms in total. The molecule has 1 aromatic rings. The van der Waals surface area contributed by atoms with Crippen LogP contribution < -0.4 is 15.8 Å². The summed E-state index contributed by atoms with van der Waals surface area (Å²) in [7, 11) is -3.59. The molecule has 18 heavy (non-hydrogen) atoms. The molecule has 0 amide bonds. The van der Waals surface area contributed by atoms with Gasteiger partial charge in [-0.25, -0.2) is 13.6 Å². The van der Waals surface area contributed by atoms with Crippen molar-refractivity contribution in [3.63, 3.8) is 0 Å². The summed E-state index contributed by atoms with van der Waals surface area (Å²) in [4.78, 5) is 0.139. The van der Waals surface area contributed by atoms with Crippen LogP contribution in [-0.4, -0.2) is 28.1 Å². The third kappa shape index (κ3) is 4.29. The van der Waals surface area contributed by atoms with Crippen molar-refractivity contribution < 1.29 is 8.42 Å². The van der Waals surface area contributed by atoms with Crippen molar-refractivity contribution >= 4 is 15.7 Å². The Morgan fingerprint density at radius 2 is 1.83 bits per heavy atom. The number of hydrogen-bond acceptors (Lipinski definition) is 4. The van der Waals surface area contributed by atoms with Crippen LogP contribution in [0.1, 0.15) is 12.8 Å². The Morgan fingerprint density at radius 3 is 2.39 bits per heavy atom. The standard InChI is InChI=1S/C12H19N3O2S/c13-18(16,17)12-5-3-11(4-6-12)15-8-7-14-9-10-1-2-10/h3-6,10,14-15H,1-2,7-9H2,(H2,13,16,17). The van der Waals surface area contributed by atoms with Crippen LogP contribution in [0.4, 0.5) is 5.69 Å². The molecule has 0 unspecified atom stereocenters. The summed E-state index contributed by atoms with van der Waals surface area (Å²) in [6.45, 7) is 2.83. The molecule has 0 radical (unpaired) electrons. The molecular formula is C12H19N3O2S. The predicted molar refractivity (Wildman–Crippen MR) is 71.9 cm³/mol. The maximum Gasteiger partial charge on any atom is 0.238 e. The molecule has 1 fully saturated rings. The van der Waals surface area contributed by atoms with Crippen molar-refractivity contribution in [2.75, 3.05) is 25.0 Å². The van der Waals surface area contributed by atoms with Gasteiger partial charge >= 0.3 is 0 Å². The first-order chi connectivity index (χ1) is 8.55. The van der Waals surface area contributed by atoms with Gasteiger partial charge in [0.05, 0.1) is 4.90 Å². The Bertz CT molecular complexity index is 481. The Hall–Kier alpha value is -1.11. The predicted octanol–water partition coefficient (Wildman–Crippen LogP) is 0.745. The Kier molecular flexibility index (Phi) is 4.21. The topological polar surface area (TPSA) is 84.2 Å². The maximum atomic E-state index is 11.1. The normalized spacial score (nSPS) is 15.6. The lowest BCUT2D eigenvalue weighted by molar-refractivity contribution is 0.598. The molecule has 1 aromatic carbocycles. The molecule has 2 rings (SSSR count). The summed E-state index contributed by atoms with van der Waals surface area (Å²) in [6, 6.07) is 6.46. The number of benzene rings is 1. The molecule has 100 valence electrons. The average molecular weight is 269 g/mol. The smallest absolute Gasteiger partial charge is 0.238 e. The van der Waals surface area contributed by atoms with Gasteiger partial charge in [-0.2, -0.15) is 0 Å². The number of hydrogen-bond donors (Lipinski definition) is 3. The van der Waals surface area contributed by atoms with E-state index >= 15 is 0 Å². The Balaban J connectivity index is 1.72. The second kappa shape index (κ2) is 5.69. The number of nitrogens with two attached hydrogens (primary N) is 1. The summed E-state index contributed by atoms with van der Waals surface area (Å²) < 4.78 is 22.1. The van der Waals surface area contributed by atoms with E-state index in [0.29, 0.717) is 0 Å². The van der Waals surface area contributed by atoms with E-state index < -0.39 is 10.0 Å². The van der Waals surface area contributed by atoms with E-state index in [-0.39, 0.29) is 4.90 Å². The Labute approximate surface area is 108 Å². The van der Waals surface area contributed by atoms with Crippen LogP contribution in [0.15, 0.2) is 29.2 Å². The van der Waals surface area contributed by atoms with Crippen LogP contribution in [-0.2, 0) is 10.0 Å². The number of primary sulfonamides is 1. The zero-order chi connectivity index (χ0) is 13.0. The van der Waals surface area contributed by atoms with Crippen molar-refractivity contribution in [1.29, 1.82) is 0 Å². The first-order valence-corrected chi connectivity index (χ1v) is 7.68. The first kappa shape index (κ1) is 13.3. The summed E-state index contributed by atoms with van der Waals surface area (Å²) in [5.74, 6) is 0.888. The quantitative estimate of drug-likeness (QED) is 0.638. The van der Waals surface area contributed by atoms with Crippen molar-refractivity contribution in [1.82, 2.24) is 5.32 Å². The summed E-state index contributed by atoms with van der Waals surface area (Å²) in [5, 5.41) is 11.6. The zero-order valence-corrected chi connectivity index (χ0v) is 11.0. The summed E-state index contributed by atoms with van der Waals surface area (Å²) in [6.07, 6.45) is 2.71. The number of rotatable bonds is 7. The number of nitrogens with one attached hydrogen (secondary N) is 2. The van der Waals surface area contributed by atoms with Crippen molar-refractivity contribution in [2.24, 2.45) is 11.1 Å². The molecule has 0 atom stereocenters. The van der Waals surface area contributed by atoms with Crippen LogP contribution in [0.5, 0.6) is 0 Å². The molecule has 4 N–H and O–H groups in total. The van der Waals surface area contributed by atoms with Gasteiger partial charge in [0.15, 0.2) is 0 Å². The number of anilines is 1. The molecule has 0 bridgehead atoms. The van der Waals surface area contributed by atoms with E-state index in [1.165, 1.54) is 25.0 Å². The summed E-state index contributed by atoms with van der Waals surface area (Å²) in [5.41, 5.74) is 0.899. The highest BCUT2D eigenvalue weighted by Crippen LogP contribution is 2.27. The zero-order valence-electron chi connectivity index (χ0n) is 10.2. The second-order valence-electron chi connectivity index (χ2n) is 4.64. The van der Waals surface area contributed by atoms with Crippen LogP contribution in [0.3, 0.4) is 0 Å². The van der Waals surface area contributed by atoms with Crippen LogP contribution >= 0.6 is 0 Å². The van der Waals surface area contributed by atoms with Crippen molar-refractivity contribution in [3.8, 4) is 0 Å². The first-order valence-electron chi connectivity index (χ1n) is 6.13. The van der Waals surface area contributed by atoms with Gasteiger partial charge in [-0.15, -0.1) is 0 Å². The van der Waals surface area contributed by atoms with Gasteiger partial charge in [-0.3, -0.25) is 0 Å². The van der Waals surface area contributed by atoms with Gasteiger partial charge in [-0.05, 0) is 49.6 Å². The highest BCUT2D eigenvalue weighted by atomic mass is 32.2. The fraction of sp³-hybridized carbons (Fsp3) is 0.500. The van der Waals surface area contributed by atoms with Gasteiger partial charge < -0.3 is 10.6 Å². The van der Waals surface area contributed by atoms with Crippen molar-refractivity contribution in [3.05, 3.63) is 24.3 Å². The minimum atomic E-state index is -3.59. The minimum Gasteiger partial charge on any atom is -0.384 e. The third-order valence-electron chi connectivity index (χ3n) is 2.94. The minimum absolute atomic E-state index is 0.139. The molecule has 0 heterocycles. The monoisotopic (exact) mass is 269 g/mol. The van der Waals surface area contributed by atoms with E-state index in [4.69, 9.17) is 5.14 Å². The molecule has 1 saturated carbocycles. The van der Waals surface area contributed by atoms with E-state index in [9.17, 15) is 8.42 Å². The van der Waals surface area contributed by atoms with Gasteiger partial charge in [0.25, 0.3) is 0 Å². The van der Waals surface area contributed by atoms with E-state index in [0.717, 1.165) is 31.2 Å². The van der Waals surface area contributed by atoms with Crippen LogP contribution in [0, 0.1) is 5.92 Å². The molecule has 6 heteroatoms. The van der Waals surface area contributed by atoms with Gasteiger partial charge in [0.2, 0.25) is 10.0 Å². The number of sulfonamides is 1. The lowest BCUT2D eigenvalue weighted by Crippen LogP contribution is -2.24. The molecule has 0 spiro atoms. The van der Waals surface area contributed by atoms with Gasteiger partial charge in [0.1, 0.15) is 0 Å². The Morgan fingerprint density at radius 1 is 1.17 bits per heavy atom. The van der Waals surface area contributed by atoms with E-state index in [2.05, 4.69) is 10.6 Å². The maximum absolute atomic E-state index is 11.1. The lowest BCUT2D eigenvalue weighted by atomic mass is 10.3.